The summed E-state index contributed by atoms with van der Waals surface area (Å²) in [6, 6.07) is 12.4. The molecule has 3 nitrogen and oxygen atoms in total. The van der Waals surface area contributed by atoms with Gasteiger partial charge in [-0.1, -0.05) is 19.1 Å². The van der Waals surface area contributed by atoms with Crippen molar-refractivity contribution < 1.29 is 0 Å². The second-order valence-corrected chi connectivity index (χ2v) is 4.04. The fourth-order valence-corrected chi connectivity index (χ4v) is 1.84. The van der Waals surface area contributed by atoms with Crippen molar-refractivity contribution in [2.45, 2.75) is 26.7 Å². The zero-order valence-corrected chi connectivity index (χ0v) is 10.1. The molecule has 17 heavy (non-hydrogen) atoms. The first kappa shape index (κ1) is 11.4. The molecule has 0 saturated carbocycles. The van der Waals surface area contributed by atoms with Crippen molar-refractivity contribution in [2.24, 2.45) is 0 Å². The van der Waals surface area contributed by atoms with Gasteiger partial charge in [-0.15, -0.1) is 0 Å². The highest BCUT2D eigenvalue weighted by Gasteiger charge is 2.05. The van der Waals surface area contributed by atoms with Crippen LogP contribution >= 0.6 is 0 Å². The summed E-state index contributed by atoms with van der Waals surface area (Å²) in [4.78, 5) is 0. The molecule has 0 saturated heterocycles. The van der Waals surface area contributed by atoms with E-state index in [4.69, 9.17) is 5.26 Å². The lowest BCUT2D eigenvalue weighted by Crippen LogP contribution is -1.99. The Kier molecular flexibility index (Phi) is 3.24. The van der Waals surface area contributed by atoms with Gasteiger partial charge in [-0.05, 0) is 37.1 Å². The van der Waals surface area contributed by atoms with Gasteiger partial charge in [-0.2, -0.15) is 10.4 Å². The summed E-state index contributed by atoms with van der Waals surface area (Å²) >= 11 is 0. The largest absolute Gasteiger partial charge is 0.238 e. The molecule has 0 N–H and O–H groups in total. The Hall–Kier alpha value is -2.08. The molecule has 1 aromatic heterocycles. The van der Waals surface area contributed by atoms with Gasteiger partial charge in [0.05, 0.1) is 23.9 Å². The summed E-state index contributed by atoms with van der Waals surface area (Å²) in [5, 5.41) is 13.1. The van der Waals surface area contributed by atoms with Gasteiger partial charge in [0.1, 0.15) is 0 Å². The number of hydrogen-bond donors (Lipinski definition) is 0. The average Bonchev–Trinajstić information content (AvgIpc) is 2.71. The standard InChI is InChI=1S/C14H15N3/c1-3-12-4-6-14(7-5-12)17-11(2)10-13(16-17)8-9-15/h4-7,10H,3,8H2,1-2H3. The first-order valence-electron chi connectivity index (χ1n) is 5.76. The van der Waals surface area contributed by atoms with E-state index in [1.165, 1.54) is 5.56 Å². The van der Waals surface area contributed by atoms with E-state index in [0.717, 1.165) is 23.5 Å². The minimum absolute atomic E-state index is 0.362. The first-order chi connectivity index (χ1) is 8.24. The Balaban J connectivity index is 2.35. The molecule has 0 radical (unpaired) electrons. The molecule has 0 amide bonds. The Labute approximate surface area is 101 Å². The third kappa shape index (κ3) is 2.36. The SMILES string of the molecule is CCc1ccc(-n2nc(CC#N)cc2C)cc1. The molecule has 2 rings (SSSR count). The van der Waals surface area contributed by atoms with E-state index >= 15 is 0 Å². The topological polar surface area (TPSA) is 41.6 Å². The van der Waals surface area contributed by atoms with E-state index in [2.05, 4.69) is 42.4 Å². The average molecular weight is 225 g/mol. The second kappa shape index (κ2) is 4.84. The van der Waals surface area contributed by atoms with Crippen LogP contribution in [-0.4, -0.2) is 9.78 Å². The molecular weight excluding hydrogens is 210 g/mol. The molecule has 1 aromatic carbocycles. The number of nitrogens with zero attached hydrogens (tertiary/aromatic N) is 3. The fraction of sp³-hybridized carbons (Fsp3) is 0.286. The Morgan fingerprint density at radius 1 is 1.29 bits per heavy atom. The number of nitriles is 1. The third-order valence-corrected chi connectivity index (χ3v) is 2.79. The smallest absolute Gasteiger partial charge is 0.0793 e. The molecule has 0 bridgehead atoms. The molecule has 1 heterocycles. The number of hydrogen-bond acceptors (Lipinski definition) is 2. The van der Waals surface area contributed by atoms with Crippen molar-refractivity contribution in [1.82, 2.24) is 9.78 Å². The Morgan fingerprint density at radius 3 is 2.59 bits per heavy atom. The van der Waals surface area contributed by atoms with Crippen LogP contribution in [0.1, 0.15) is 23.9 Å². The number of aromatic nitrogens is 2. The predicted octanol–water partition coefficient (Wildman–Crippen LogP) is 2.81. The summed E-state index contributed by atoms with van der Waals surface area (Å²) in [7, 11) is 0. The molecule has 3 heteroatoms. The summed E-state index contributed by atoms with van der Waals surface area (Å²) in [6.45, 7) is 4.14. The van der Waals surface area contributed by atoms with E-state index in [-0.39, 0.29) is 0 Å². The van der Waals surface area contributed by atoms with Crippen molar-refractivity contribution in [3.05, 3.63) is 47.3 Å². The number of benzene rings is 1. The van der Waals surface area contributed by atoms with Crippen LogP contribution in [-0.2, 0) is 12.8 Å². The molecule has 2 aromatic rings. The maximum atomic E-state index is 8.66. The lowest BCUT2D eigenvalue weighted by molar-refractivity contribution is 0.826. The van der Waals surface area contributed by atoms with Gasteiger partial charge in [0.15, 0.2) is 0 Å². The van der Waals surface area contributed by atoms with Crippen molar-refractivity contribution in [3.63, 3.8) is 0 Å². The Morgan fingerprint density at radius 2 is 2.00 bits per heavy atom. The monoisotopic (exact) mass is 225 g/mol. The summed E-state index contributed by atoms with van der Waals surface area (Å²) in [5.41, 5.74) is 4.24. The zero-order valence-electron chi connectivity index (χ0n) is 10.1. The van der Waals surface area contributed by atoms with Crippen molar-refractivity contribution in [3.8, 4) is 11.8 Å². The van der Waals surface area contributed by atoms with Crippen molar-refractivity contribution in [2.75, 3.05) is 0 Å². The first-order valence-corrected chi connectivity index (χ1v) is 5.76. The minimum Gasteiger partial charge on any atom is -0.238 e. The Bertz CT molecular complexity index is 544. The summed E-state index contributed by atoms with van der Waals surface area (Å²) < 4.78 is 1.88. The van der Waals surface area contributed by atoms with Crippen LogP contribution in [0.4, 0.5) is 0 Å². The van der Waals surface area contributed by atoms with E-state index < -0.39 is 0 Å². The summed E-state index contributed by atoms with van der Waals surface area (Å²) in [6.07, 6.45) is 1.40. The maximum absolute atomic E-state index is 8.66. The molecule has 0 atom stereocenters. The highest BCUT2D eigenvalue weighted by Crippen LogP contribution is 2.13. The van der Waals surface area contributed by atoms with E-state index in [1.54, 1.807) is 0 Å². The van der Waals surface area contributed by atoms with Gasteiger partial charge in [-0.25, -0.2) is 4.68 Å². The van der Waals surface area contributed by atoms with Crippen molar-refractivity contribution in [1.29, 1.82) is 5.26 Å². The minimum atomic E-state index is 0.362. The van der Waals surface area contributed by atoms with Gasteiger partial charge in [0.2, 0.25) is 0 Å². The lowest BCUT2D eigenvalue weighted by Gasteiger charge is -2.04. The van der Waals surface area contributed by atoms with Crippen LogP contribution < -0.4 is 0 Å². The van der Waals surface area contributed by atoms with E-state index in [0.29, 0.717) is 6.42 Å². The molecule has 0 aliphatic carbocycles. The molecule has 0 aliphatic rings. The molecule has 0 fully saturated rings. The lowest BCUT2D eigenvalue weighted by atomic mass is 10.1. The second-order valence-electron chi connectivity index (χ2n) is 4.04. The van der Waals surface area contributed by atoms with Crippen LogP contribution in [0.2, 0.25) is 0 Å². The molecular formula is C14H15N3. The third-order valence-electron chi connectivity index (χ3n) is 2.79. The van der Waals surface area contributed by atoms with Crippen LogP contribution in [0.3, 0.4) is 0 Å². The molecule has 0 aliphatic heterocycles. The number of aryl methyl sites for hydroxylation is 2. The van der Waals surface area contributed by atoms with Gasteiger partial charge >= 0.3 is 0 Å². The van der Waals surface area contributed by atoms with Crippen LogP contribution in [0.5, 0.6) is 0 Å². The molecule has 0 spiro atoms. The van der Waals surface area contributed by atoms with Gasteiger partial charge in [0.25, 0.3) is 0 Å². The van der Waals surface area contributed by atoms with Gasteiger partial charge in [-0.3, -0.25) is 0 Å². The predicted molar refractivity (Wildman–Crippen MR) is 67.0 cm³/mol. The summed E-state index contributed by atoms with van der Waals surface area (Å²) in [5.74, 6) is 0. The molecule has 86 valence electrons. The van der Waals surface area contributed by atoms with E-state index in [9.17, 15) is 0 Å². The van der Waals surface area contributed by atoms with Gasteiger partial charge < -0.3 is 0 Å². The van der Waals surface area contributed by atoms with Gasteiger partial charge in [0, 0.05) is 5.69 Å². The van der Waals surface area contributed by atoms with Crippen LogP contribution in [0, 0.1) is 18.3 Å². The van der Waals surface area contributed by atoms with E-state index in [1.807, 2.05) is 17.7 Å². The highest BCUT2D eigenvalue weighted by atomic mass is 15.3. The van der Waals surface area contributed by atoms with Crippen LogP contribution in [0.15, 0.2) is 30.3 Å². The molecule has 0 unspecified atom stereocenters. The fourth-order valence-electron chi connectivity index (χ4n) is 1.84. The highest BCUT2D eigenvalue weighted by molar-refractivity contribution is 5.36. The number of rotatable bonds is 3. The van der Waals surface area contributed by atoms with Crippen LogP contribution in [0.25, 0.3) is 5.69 Å². The quantitative estimate of drug-likeness (QED) is 0.806. The normalized spacial score (nSPS) is 10.2. The maximum Gasteiger partial charge on any atom is 0.0793 e. The zero-order chi connectivity index (χ0) is 12.3. The van der Waals surface area contributed by atoms with Crippen molar-refractivity contribution >= 4 is 0 Å².